The number of nitrogens with one attached hydrogen (secondary N) is 1. The average Bonchev–Trinajstić information content (AvgIpc) is 2.95. The van der Waals surface area contributed by atoms with E-state index >= 15 is 0 Å². The van der Waals surface area contributed by atoms with Crippen LogP contribution in [0.25, 0.3) is 0 Å². The number of likely N-dealkylation sites (tertiary alicyclic amines) is 1. The Morgan fingerprint density at radius 1 is 1.19 bits per heavy atom. The molecule has 3 aliphatic rings. The molecule has 1 heterocycles. The Labute approximate surface area is 154 Å². The molecule has 1 saturated heterocycles. The number of rotatable bonds is 3. The largest absolute Gasteiger partial charge is 0.480 e. The lowest BCUT2D eigenvalue weighted by Gasteiger charge is -2.34. The van der Waals surface area contributed by atoms with Gasteiger partial charge in [-0.25, -0.2) is 4.79 Å². The summed E-state index contributed by atoms with van der Waals surface area (Å²) in [5.74, 6) is -4.43. The fraction of sp³-hybridized carbons (Fsp3) is 0.778. The SMILES string of the molecule is [B]C(=O)NC(=O)[C@H](C(=O)N1CC2CC3(CC3)C[C@@H]2[C@H]1C(=O)O)C(C)(C)C. The summed E-state index contributed by atoms with van der Waals surface area (Å²) in [4.78, 5) is 50.0. The van der Waals surface area contributed by atoms with Gasteiger partial charge in [0.25, 0.3) is 0 Å². The summed E-state index contributed by atoms with van der Waals surface area (Å²) < 4.78 is 0. The maximum atomic E-state index is 13.2. The number of fused-ring (bicyclic) bond motifs is 1. The number of carboxylic acids is 1. The van der Waals surface area contributed by atoms with E-state index < -0.39 is 41.0 Å². The van der Waals surface area contributed by atoms with Gasteiger partial charge in [0.05, 0.1) is 0 Å². The minimum atomic E-state index is -1.18. The van der Waals surface area contributed by atoms with E-state index in [4.69, 9.17) is 7.85 Å². The molecule has 0 aromatic carbocycles. The number of carbonyl (C=O) groups excluding carboxylic acids is 3. The molecular formula is C18H25BN2O5. The van der Waals surface area contributed by atoms with Crippen LogP contribution in [0, 0.1) is 28.6 Å². The van der Waals surface area contributed by atoms with Crippen LogP contribution in [0.1, 0.15) is 46.5 Å². The fourth-order valence-corrected chi connectivity index (χ4v) is 4.99. The van der Waals surface area contributed by atoms with Gasteiger partial charge in [0, 0.05) is 6.54 Å². The molecule has 8 heteroatoms. The first kappa shape index (κ1) is 18.9. The van der Waals surface area contributed by atoms with Crippen LogP contribution in [0.4, 0.5) is 4.79 Å². The van der Waals surface area contributed by atoms with Crippen molar-refractivity contribution in [2.75, 3.05) is 6.54 Å². The fourth-order valence-electron chi connectivity index (χ4n) is 4.99. The molecule has 4 atom stereocenters. The number of hydrogen-bond donors (Lipinski definition) is 2. The van der Waals surface area contributed by atoms with Gasteiger partial charge in [-0.15, -0.1) is 0 Å². The smallest absolute Gasteiger partial charge is 0.326 e. The number of carboxylic acid groups (broad SMARTS) is 1. The summed E-state index contributed by atoms with van der Waals surface area (Å²) in [7, 11) is 5.03. The molecule has 1 spiro atoms. The first-order chi connectivity index (χ1) is 11.9. The minimum Gasteiger partial charge on any atom is -0.480 e. The maximum absolute atomic E-state index is 13.2. The number of carbonyl (C=O) groups is 4. The van der Waals surface area contributed by atoms with Crippen molar-refractivity contribution >= 4 is 31.4 Å². The second-order valence-electron chi connectivity index (χ2n) is 9.26. The highest BCUT2D eigenvalue weighted by Gasteiger charge is 2.61. The van der Waals surface area contributed by atoms with Crippen LogP contribution in [0.15, 0.2) is 0 Å². The number of nitrogens with zero attached hydrogens (tertiary/aromatic N) is 1. The molecule has 2 radical (unpaired) electrons. The predicted octanol–water partition coefficient (Wildman–Crippen LogP) is 1.16. The van der Waals surface area contributed by atoms with Crippen LogP contribution in [0.3, 0.4) is 0 Å². The zero-order valence-electron chi connectivity index (χ0n) is 15.4. The number of aliphatic carboxylic acids is 1. The van der Waals surface area contributed by atoms with Crippen LogP contribution >= 0.6 is 0 Å². The van der Waals surface area contributed by atoms with Gasteiger partial charge in [-0.3, -0.25) is 14.4 Å². The monoisotopic (exact) mass is 360 g/mol. The molecular weight excluding hydrogens is 335 g/mol. The Kier molecular flexibility index (Phi) is 4.44. The van der Waals surface area contributed by atoms with Crippen LogP contribution in [0.5, 0.6) is 0 Å². The van der Waals surface area contributed by atoms with Gasteiger partial charge in [-0.2, -0.15) is 0 Å². The predicted molar refractivity (Wildman–Crippen MR) is 93.3 cm³/mol. The number of amides is 3. The molecule has 0 aromatic rings. The average molecular weight is 360 g/mol. The summed E-state index contributed by atoms with van der Waals surface area (Å²) in [6, 6.07) is -0.904. The maximum Gasteiger partial charge on any atom is 0.326 e. The topological polar surface area (TPSA) is 104 Å². The Morgan fingerprint density at radius 3 is 2.27 bits per heavy atom. The summed E-state index contributed by atoms with van der Waals surface area (Å²) in [5, 5.41) is 11.7. The lowest BCUT2D eigenvalue weighted by atomic mass is 9.78. The molecule has 3 amide bonds. The van der Waals surface area contributed by atoms with Crippen LogP contribution in [-0.2, 0) is 14.4 Å². The Hall–Kier alpha value is -1.86. The van der Waals surface area contributed by atoms with E-state index in [0.717, 1.165) is 25.7 Å². The van der Waals surface area contributed by atoms with Crippen molar-refractivity contribution in [1.29, 1.82) is 0 Å². The van der Waals surface area contributed by atoms with Gasteiger partial charge in [0.15, 0.2) is 5.81 Å². The Bertz CT molecular complexity index is 667. The molecule has 7 nitrogen and oxygen atoms in total. The zero-order chi connectivity index (χ0) is 19.4. The third-order valence-electron chi connectivity index (χ3n) is 6.26. The summed E-state index contributed by atoms with van der Waals surface area (Å²) in [6.07, 6.45) is 4.09. The molecule has 3 rings (SSSR count). The molecule has 1 aliphatic heterocycles. The third-order valence-corrected chi connectivity index (χ3v) is 6.26. The van der Waals surface area contributed by atoms with Gasteiger partial charge in [-0.1, -0.05) is 20.8 Å². The first-order valence-electron chi connectivity index (χ1n) is 9.09. The molecule has 140 valence electrons. The van der Waals surface area contributed by atoms with Gasteiger partial charge in [0.1, 0.15) is 12.0 Å². The number of imide groups is 1. The van der Waals surface area contributed by atoms with Crippen molar-refractivity contribution in [3.8, 4) is 0 Å². The third kappa shape index (κ3) is 3.26. The van der Waals surface area contributed by atoms with Crippen LogP contribution < -0.4 is 5.32 Å². The Balaban J connectivity index is 1.85. The highest BCUT2D eigenvalue weighted by Crippen LogP contribution is 2.64. The van der Waals surface area contributed by atoms with Gasteiger partial charge < -0.3 is 15.3 Å². The van der Waals surface area contributed by atoms with Crippen molar-refractivity contribution in [2.24, 2.45) is 28.6 Å². The zero-order valence-corrected chi connectivity index (χ0v) is 15.4. The van der Waals surface area contributed by atoms with Gasteiger partial charge >= 0.3 is 5.97 Å². The lowest BCUT2D eigenvalue weighted by molar-refractivity contribution is -0.155. The second kappa shape index (κ2) is 6.10. The molecule has 2 aliphatic carbocycles. The molecule has 2 N–H and O–H groups in total. The highest BCUT2D eigenvalue weighted by atomic mass is 16.4. The lowest BCUT2D eigenvalue weighted by Crippen LogP contribution is -2.53. The molecule has 3 fully saturated rings. The summed E-state index contributed by atoms with van der Waals surface area (Å²) in [6.45, 7) is 5.49. The summed E-state index contributed by atoms with van der Waals surface area (Å²) in [5.41, 5.74) is -0.486. The normalized spacial score (nSPS) is 30.0. The first-order valence-corrected chi connectivity index (χ1v) is 9.09. The second-order valence-corrected chi connectivity index (χ2v) is 9.26. The van der Waals surface area contributed by atoms with E-state index in [1.807, 2.05) is 5.32 Å². The van der Waals surface area contributed by atoms with Crippen LogP contribution in [0.2, 0.25) is 0 Å². The minimum absolute atomic E-state index is 0.0567. The Morgan fingerprint density at radius 2 is 1.81 bits per heavy atom. The van der Waals surface area contributed by atoms with E-state index in [-0.39, 0.29) is 11.8 Å². The van der Waals surface area contributed by atoms with Crippen molar-refractivity contribution in [3.05, 3.63) is 0 Å². The molecule has 1 unspecified atom stereocenters. The van der Waals surface area contributed by atoms with Crippen LogP contribution in [-0.4, -0.2) is 54.0 Å². The molecule has 26 heavy (non-hydrogen) atoms. The highest BCUT2D eigenvalue weighted by molar-refractivity contribution is 6.58. The van der Waals surface area contributed by atoms with E-state index in [9.17, 15) is 24.3 Å². The van der Waals surface area contributed by atoms with Crippen molar-refractivity contribution in [3.63, 3.8) is 0 Å². The summed E-state index contributed by atoms with van der Waals surface area (Å²) >= 11 is 0. The van der Waals surface area contributed by atoms with Gasteiger partial charge in [-0.05, 0) is 48.3 Å². The molecule has 2 saturated carbocycles. The van der Waals surface area contributed by atoms with Crippen molar-refractivity contribution in [2.45, 2.75) is 52.5 Å². The van der Waals surface area contributed by atoms with Crippen molar-refractivity contribution in [1.82, 2.24) is 10.2 Å². The van der Waals surface area contributed by atoms with Gasteiger partial charge in [0.2, 0.25) is 19.7 Å². The van der Waals surface area contributed by atoms with E-state index in [0.29, 0.717) is 12.0 Å². The quantitative estimate of drug-likeness (QED) is 0.581. The standard InChI is InChI=1S/C18H25BN2O5/c1-17(2,3)11(13(22)20-16(19)26)14(23)21-8-9-6-18(4-5-18)7-10(9)12(21)15(24)25/h9-12H,4-8H2,1-3H3,(H,24,25)(H,20,22,26)/t9?,10-,11+,12-/m0/s1. The number of hydrogen-bond acceptors (Lipinski definition) is 4. The van der Waals surface area contributed by atoms with E-state index in [1.54, 1.807) is 20.8 Å². The van der Waals surface area contributed by atoms with E-state index in [1.165, 1.54) is 4.90 Å². The van der Waals surface area contributed by atoms with E-state index in [2.05, 4.69) is 0 Å². The molecule has 0 aromatic heterocycles. The van der Waals surface area contributed by atoms with Crippen molar-refractivity contribution < 1.29 is 24.3 Å². The molecule has 0 bridgehead atoms.